The molecule has 2 nitrogen and oxygen atoms in total. The minimum atomic E-state index is -0.321. The van der Waals surface area contributed by atoms with E-state index in [0.29, 0.717) is 27.7 Å². The van der Waals surface area contributed by atoms with Crippen LogP contribution >= 0.6 is 23.2 Å². The molecule has 0 saturated carbocycles. The van der Waals surface area contributed by atoms with Crippen LogP contribution in [0.5, 0.6) is 0 Å². The molecule has 0 fully saturated rings. The van der Waals surface area contributed by atoms with Crippen LogP contribution in [0, 0.1) is 12.7 Å². The second-order valence-electron chi connectivity index (χ2n) is 4.87. The SMILES string of the molecule is Cc1cc(C(=O)N(C)Cc2ccc(Cl)c(Cl)c2)ccc1F. The lowest BCUT2D eigenvalue weighted by Crippen LogP contribution is -2.26. The van der Waals surface area contributed by atoms with Crippen molar-refractivity contribution in [2.45, 2.75) is 13.5 Å². The van der Waals surface area contributed by atoms with Gasteiger partial charge in [0.15, 0.2) is 0 Å². The average Bonchev–Trinajstić information content (AvgIpc) is 2.45. The van der Waals surface area contributed by atoms with Gasteiger partial charge in [0.1, 0.15) is 5.82 Å². The highest BCUT2D eigenvalue weighted by Gasteiger charge is 2.13. The van der Waals surface area contributed by atoms with Gasteiger partial charge in [0.25, 0.3) is 5.91 Å². The third-order valence-corrected chi connectivity index (χ3v) is 3.89. The molecular formula is C16H14Cl2FNO. The van der Waals surface area contributed by atoms with Crippen molar-refractivity contribution in [1.29, 1.82) is 0 Å². The number of hydrogen-bond donors (Lipinski definition) is 0. The van der Waals surface area contributed by atoms with Crippen LogP contribution in [0.15, 0.2) is 36.4 Å². The fraction of sp³-hybridized carbons (Fsp3) is 0.188. The number of aryl methyl sites for hydroxylation is 1. The molecule has 2 aromatic rings. The summed E-state index contributed by atoms with van der Waals surface area (Å²) in [5.41, 5.74) is 1.78. The van der Waals surface area contributed by atoms with Crippen LogP contribution in [0.25, 0.3) is 0 Å². The van der Waals surface area contributed by atoms with E-state index < -0.39 is 0 Å². The first-order valence-corrected chi connectivity index (χ1v) is 7.09. The highest BCUT2D eigenvalue weighted by Crippen LogP contribution is 2.23. The molecule has 0 atom stereocenters. The van der Waals surface area contributed by atoms with Crippen molar-refractivity contribution in [3.8, 4) is 0 Å². The Morgan fingerprint density at radius 3 is 2.48 bits per heavy atom. The molecular weight excluding hydrogens is 312 g/mol. The summed E-state index contributed by atoms with van der Waals surface area (Å²) >= 11 is 11.8. The molecule has 0 aromatic heterocycles. The highest BCUT2D eigenvalue weighted by molar-refractivity contribution is 6.42. The zero-order valence-electron chi connectivity index (χ0n) is 11.7. The number of carbonyl (C=O) groups is 1. The number of rotatable bonds is 3. The summed E-state index contributed by atoms with van der Waals surface area (Å²) in [6.07, 6.45) is 0. The second kappa shape index (κ2) is 6.46. The molecule has 0 aliphatic rings. The van der Waals surface area contributed by atoms with Crippen molar-refractivity contribution in [3.05, 3.63) is 69.0 Å². The standard InChI is InChI=1S/C16H14Cl2FNO/c1-10-7-12(4-6-15(10)19)16(21)20(2)9-11-3-5-13(17)14(18)8-11/h3-8H,9H2,1-2H3. The van der Waals surface area contributed by atoms with Crippen molar-refractivity contribution < 1.29 is 9.18 Å². The summed E-state index contributed by atoms with van der Waals surface area (Å²) in [5.74, 6) is -0.497. The van der Waals surface area contributed by atoms with E-state index in [0.717, 1.165) is 5.56 Å². The molecule has 0 bridgehead atoms. The van der Waals surface area contributed by atoms with Crippen LogP contribution in [0.2, 0.25) is 10.0 Å². The number of benzene rings is 2. The molecule has 2 rings (SSSR count). The smallest absolute Gasteiger partial charge is 0.253 e. The van der Waals surface area contributed by atoms with Gasteiger partial charge in [0.2, 0.25) is 0 Å². The predicted octanol–water partition coefficient (Wildman–Crippen LogP) is 4.71. The Kier molecular flexibility index (Phi) is 4.86. The average molecular weight is 326 g/mol. The van der Waals surface area contributed by atoms with Gasteiger partial charge in [-0.1, -0.05) is 29.3 Å². The van der Waals surface area contributed by atoms with E-state index in [1.54, 1.807) is 37.1 Å². The molecule has 110 valence electrons. The second-order valence-corrected chi connectivity index (χ2v) is 5.69. The third kappa shape index (κ3) is 3.74. The van der Waals surface area contributed by atoms with Crippen LogP contribution in [0.3, 0.4) is 0 Å². The van der Waals surface area contributed by atoms with Gasteiger partial charge in [-0.3, -0.25) is 4.79 Å². The number of hydrogen-bond acceptors (Lipinski definition) is 1. The van der Waals surface area contributed by atoms with E-state index in [-0.39, 0.29) is 11.7 Å². The molecule has 1 amide bonds. The topological polar surface area (TPSA) is 20.3 Å². The number of carbonyl (C=O) groups excluding carboxylic acids is 1. The Hall–Kier alpha value is -1.58. The van der Waals surface area contributed by atoms with E-state index in [9.17, 15) is 9.18 Å². The summed E-state index contributed by atoms with van der Waals surface area (Å²) in [4.78, 5) is 13.9. The molecule has 0 unspecified atom stereocenters. The minimum absolute atomic E-state index is 0.177. The number of amides is 1. The fourth-order valence-corrected chi connectivity index (χ4v) is 2.30. The predicted molar refractivity (Wildman–Crippen MR) is 83.4 cm³/mol. The lowest BCUT2D eigenvalue weighted by molar-refractivity contribution is 0.0785. The Morgan fingerprint density at radius 2 is 1.86 bits per heavy atom. The first-order valence-electron chi connectivity index (χ1n) is 6.34. The van der Waals surface area contributed by atoms with Crippen LogP contribution in [-0.2, 0) is 6.54 Å². The van der Waals surface area contributed by atoms with Crippen LogP contribution in [-0.4, -0.2) is 17.9 Å². The molecule has 21 heavy (non-hydrogen) atoms. The molecule has 2 aromatic carbocycles. The maximum Gasteiger partial charge on any atom is 0.253 e. The lowest BCUT2D eigenvalue weighted by atomic mass is 10.1. The van der Waals surface area contributed by atoms with Crippen LogP contribution in [0.4, 0.5) is 4.39 Å². The highest BCUT2D eigenvalue weighted by atomic mass is 35.5. The van der Waals surface area contributed by atoms with Crippen LogP contribution in [0.1, 0.15) is 21.5 Å². The molecule has 5 heteroatoms. The molecule has 0 radical (unpaired) electrons. The minimum Gasteiger partial charge on any atom is -0.337 e. The first kappa shape index (κ1) is 15.8. The summed E-state index contributed by atoms with van der Waals surface area (Å²) in [6.45, 7) is 2.03. The van der Waals surface area contributed by atoms with E-state index in [2.05, 4.69) is 0 Å². The summed E-state index contributed by atoms with van der Waals surface area (Å²) in [7, 11) is 1.68. The van der Waals surface area contributed by atoms with Crippen molar-refractivity contribution in [1.82, 2.24) is 4.90 Å². The maximum absolute atomic E-state index is 13.2. The molecule has 0 aliphatic heterocycles. The van der Waals surface area contributed by atoms with Crippen molar-refractivity contribution in [3.63, 3.8) is 0 Å². The third-order valence-electron chi connectivity index (χ3n) is 3.16. The maximum atomic E-state index is 13.2. The van der Waals surface area contributed by atoms with Crippen molar-refractivity contribution in [2.24, 2.45) is 0 Å². The zero-order chi connectivity index (χ0) is 15.6. The van der Waals surface area contributed by atoms with E-state index in [4.69, 9.17) is 23.2 Å². The van der Waals surface area contributed by atoms with E-state index in [1.807, 2.05) is 6.07 Å². The fourth-order valence-electron chi connectivity index (χ4n) is 1.98. The summed E-state index contributed by atoms with van der Waals surface area (Å²) < 4.78 is 13.2. The largest absolute Gasteiger partial charge is 0.337 e. The molecule has 0 saturated heterocycles. The van der Waals surface area contributed by atoms with Gasteiger partial charge in [0.05, 0.1) is 10.0 Å². The van der Waals surface area contributed by atoms with Crippen molar-refractivity contribution in [2.75, 3.05) is 7.05 Å². The molecule has 0 spiro atoms. The quantitative estimate of drug-likeness (QED) is 0.800. The Labute approximate surface area is 133 Å². The van der Waals surface area contributed by atoms with E-state index >= 15 is 0 Å². The van der Waals surface area contributed by atoms with Gasteiger partial charge < -0.3 is 4.90 Å². The Bertz CT molecular complexity index is 688. The van der Waals surface area contributed by atoms with Gasteiger partial charge >= 0.3 is 0 Å². The van der Waals surface area contributed by atoms with E-state index in [1.165, 1.54) is 12.1 Å². The van der Waals surface area contributed by atoms with Gasteiger partial charge in [-0.25, -0.2) is 4.39 Å². The Balaban J connectivity index is 2.15. The van der Waals surface area contributed by atoms with Crippen LogP contribution < -0.4 is 0 Å². The monoisotopic (exact) mass is 325 g/mol. The zero-order valence-corrected chi connectivity index (χ0v) is 13.2. The molecule has 0 aliphatic carbocycles. The molecule has 0 heterocycles. The number of halogens is 3. The summed E-state index contributed by atoms with van der Waals surface area (Å²) in [5, 5.41) is 0.927. The molecule has 0 N–H and O–H groups in total. The normalized spacial score (nSPS) is 10.5. The van der Waals surface area contributed by atoms with Gasteiger partial charge in [-0.2, -0.15) is 0 Å². The van der Waals surface area contributed by atoms with Crippen molar-refractivity contribution >= 4 is 29.1 Å². The lowest BCUT2D eigenvalue weighted by Gasteiger charge is -2.18. The summed E-state index contributed by atoms with van der Waals surface area (Å²) in [6, 6.07) is 9.56. The Morgan fingerprint density at radius 1 is 1.14 bits per heavy atom. The van der Waals surface area contributed by atoms with Gasteiger partial charge in [-0.05, 0) is 48.4 Å². The van der Waals surface area contributed by atoms with Gasteiger partial charge in [0, 0.05) is 19.2 Å². The number of nitrogens with zero attached hydrogens (tertiary/aromatic N) is 1. The first-order chi connectivity index (χ1) is 9.88. The van der Waals surface area contributed by atoms with Gasteiger partial charge in [-0.15, -0.1) is 0 Å².